The van der Waals surface area contributed by atoms with Gasteiger partial charge >= 0.3 is 0 Å². The molecule has 0 bridgehead atoms. The minimum absolute atomic E-state index is 0.00195. The molecule has 4 rings (SSSR count). The first-order valence-corrected chi connectivity index (χ1v) is 11.7. The number of hydrogen-bond donors (Lipinski definition) is 2. The SMILES string of the molecule is C[C@H]1Oc2ccc(S(=O)(=O)N3CCC[C@@H]3C(=O)NCc3ccc(Cl)cc3)cc2NC1=O. The van der Waals surface area contributed by atoms with Crippen molar-refractivity contribution in [1.82, 2.24) is 9.62 Å². The molecule has 0 spiro atoms. The second kappa shape index (κ2) is 8.49. The van der Waals surface area contributed by atoms with E-state index in [9.17, 15) is 18.0 Å². The molecule has 0 aliphatic carbocycles. The summed E-state index contributed by atoms with van der Waals surface area (Å²) in [6.07, 6.45) is 0.372. The highest BCUT2D eigenvalue weighted by molar-refractivity contribution is 7.89. The molecule has 2 aromatic carbocycles. The third-order valence-electron chi connectivity index (χ3n) is 5.37. The van der Waals surface area contributed by atoms with E-state index in [0.717, 1.165) is 5.56 Å². The van der Waals surface area contributed by atoms with Crippen molar-refractivity contribution < 1.29 is 22.7 Å². The molecule has 2 aromatic rings. The fourth-order valence-electron chi connectivity index (χ4n) is 3.68. The van der Waals surface area contributed by atoms with Crippen LogP contribution in [0.1, 0.15) is 25.3 Å². The van der Waals surface area contributed by atoms with Crippen molar-refractivity contribution in [3.63, 3.8) is 0 Å². The number of ether oxygens (including phenoxy) is 1. The number of carbonyl (C=O) groups excluding carboxylic acids is 2. The van der Waals surface area contributed by atoms with Gasteiger partial charge in [-0.2, -0.15) is 4.31 Å². The van der Waals surface area contributed by atoms with Crippen LogP contribution in [0.3, 0.4) is 0 Å². The van der Waals surface area contributed by atoms with Crippen LogP contribution < -0.4 is 15.4 Å². The van der Waals surface area contributed by atoms with Crippen LogP contribution in [0.5, 0.6) is 5.75 Å². The molecule has 2 amide bonds. The van der Waals surface area contributed by atoms with Crippen LogP contribution in [0.4, 0.5) is 5.69 Å². The number of anilines is 1. The van der Waals surface area contributed by atoms with Gasteiger partial charge in [0.15, 0.2) is 6.10 Å². The van der Waals surface area contributed by atoms with Crippen LogP contribution >= 0.6 is 11.6 Å². The Morgan fingerprint density at radius 2 is 2.00 bits per heavy atom. The lowest BCUT2D eigenvalue weighted by Crippen LogP contribution is -2.45. The van der Waals surface area contributed by atoms with Crippen LogP contribution in [0, 0.1) is 0 Å². The quantitative estimate of drug-likeness (QED) is 0.709. The summed E-state index contributed by atoms with van der Waals surface area (Å²) in [6, 6.07) is 10.6. The third kappa shape index (κ3) is 4.39. The summed E-state index contributed by atoms with van der Waals surface area (Å²) < 4.78 is 33.2. The van der Waals surface area contributed by atoms with Crippen LogP contribution in [0.2, 0.25) is 5.02 Å². The van der Waals surface area contributed by atoms with Crippen LogP contribution in [0.15, 0.2) is 47.4 Å². The predicted octanol–water partition coefficient (Wildman–Crippen LogP) is 2.53. The molecular weight excluding hydrogens is 442 g/mol. The molecule has 2 aliphatic rings. The van der Waals surface area contributed by atoms with Gasteiger partial charge in [0.25, 0.3) is 5.91 Å². The van der Waals surface area contributed by atoms with Crippen molar-refractivity contribution >= 4 is 39.1 Å². The Morgan fingerprint density at radius 1 is 1.26 bits per heavy atom. The first kappa shape index (κ1) is 21.6. The van der Waals surface area contributed by atoms with Gasteiger partial charge in [-0.3, -0.25) is 9.59 Å². The van der Waals surface area contributed by atoms with Gasteiger partial charge in [0.2, 0.25) is 15.9 Å². The van der Waals surface area contributed by atoms with Gasteiger partial charge in [0.1, 0.15) is 11.8 Å². The average molecular weight is 464 g/mol. The van der Waals surface area contributed by atoms with Crippen molar-refractivity contribution in [1.29, 1.82) is 0 Å². The standard InChI is InChI=1S/C21H22ClN3O5S/c1-13-20(26)24-17-11-16(8-9-19(17)30-13)31(28,29)25-10-2-3-18(25)21(27)23-12-14-4-6-15(22)7-5-14/h4-9,11,13,18H,2-3,10,12H2,1H3,(H,23,27)(H,24,26)/t13-,18-/m1/s1. The Hall–Kier alpha value is -2.62. The lowest BCUT2D eigenvalue weighted by Gasteiger charge is -2.26. The fraction of sp³-hybridized carbons (Fsp3) is 0.333. The van der Waals surface area contributed by atoms with E-state index in [1.165, 1.54) is 22.5 Å². The van der Waals surface area contributed by atoms with Crippen LogP contribution in [-0.4, -0.2) is 43.2 Å². The minimum atomic E-state index is -3.94. The lowest BCUT2D eigenvalue weighted by molar-refractivity contribution is -0.124. The molecule has 31 heavy (non-hydrogen) atoms. The third-order valence-corrected chi connectivity index (χ3v) is 7.53. The van der Waals surface area contributed by atoms with E-state index in [0.29, 0.717) is 29.3 Å². The number of halogens is 1. The molecule has 0 saturated carbocycles. The predicted molar refractivity (Wildman–Crippen MR) is 115 cm³/mol. The molecule has 2 heterocycles. The highest BCUT2D eigenvalue weighted by atomic mass is 35.5. The Bertz CT molecular complexity index is 1120. The molecule has 0 aromatic heterocycles. The van der Waals surface area contributed by atoms with Crippen molar-refractivity contribution in [2.24, 2.45) is 0 Å². The number of nitrogens with zero attached hydrogens (tertiary/aromatic N) is 1. The van der Waals surface area contributed by atoms with Crippen LogP contribution in [-0.2, 0) is 26.2 Å². The smallest absolute Gasteiger partial charge is 0.265 e. The Balaban J connectivity index is 1.51. The van der Waals surface area contributed by atoms with E-state index in [1.807, 2.05) is 0 Å². The fourth-order valence-corrected chi connectivity index (χ4v) is 5.49. The number of amides is 2. The maximum absolute atomic E-state index is 13.3. The summed E-state index contributed by atoms with van der Waals surface area (Å²) in [4.78, 5) is 24.6. The van der Waals surface area contributed by atoms with E-state index < -0.39 is 22.2 Å². The number of carbonyl (C=O) groups is 2. The molecule has 10 heteroatoms. The lowest BCUT2D eigenvalue weighted by atomic mass is 10.2. The number of sulfonamides is 1. The summed E-state index contributed by atoms with van der Waals surface area (Å²) in [7, 11) is -3.94. The van der Waals surface area contributed by atoms with Gasteiger partial charge in [0.05, 0.1) is 10.6 Å². The molecule has 1 saturated heterocycles. The summed E-state index contributed by atoms with van der Waals surface area (Å²) in [5.41, 5.74) is 1.16. The molecule has 2 aliphatic heterocycles. The van der Waals surface area contributed by atoms with Gasteiger partial charge < -0.3 is 15.4 Å². The van der Waals surface area contributed by atoms with E-state index in [4.69, 9.17) is 16.3 Å². The van der Waals surface area contributed by atoms with Crippen LogP contribution in [0.25, 0.3) is 0 Å². The molecular formula is C21H22ClN3O5S. The van der Waals surface area contributed by atoms with E-state index in [1.54, 1.807) is 31.2 Å². The van der Waals surface area contributed by atoms with E-state index >= 15 is 0 Å². The number of benzene rings is 2. The molecule has 8 nitrogen and oxygen atoms in total. The molecule has 164 valence electrons. The first-order chi connectivity index (χ1) is 14.8. The normalized spacial score (nSPS) is 21.2. The second-order valence-corrected chi connectivity index (χ2v) is 9.85. The molecule has 2 atom stereocenters. The number of nitrogens with one attached hydrogen (secondary N) is 2. The number of rotatable bonds is 5. The first-order valence-electron chi connectivity index (χ1n) is 9.91. The minimum Gasteiger partial charge on any atom is -0.479 e. The zero-order chi connectivity index (χ0) is 22.2. The summed E-state index contributed by atoms with van der Waals surface area (Å²) in [5.74, 6) is -0.285. The van der Waals surface area contributed by atoms with Crippen molar-refractivity contribution in [3.05, 3.63) is 53.1 Å². The molecule has 0 unspecified atom stereocenters. The molecule has 1 fully saturated rings. The Labute approximate surface area is 185 Å². The largest absolute Gasteiger partial charge is 0.479 e. The summed E-state index contributed by atoms with van der Waals surface area (Å²) in [6.45, 7) is 2.14. The van der Waals surface area contributed by atoms with Crippen molar-refractivity contribution in [3.8, 4) is 5.75 Å². The van der Waals surface area contributed by atoms with Gasteiger partial charge in [-0.1, -0.05) is 23.7 Å². The number of hydrogen-bond acceptors (Lipinski definition) is 5. The maximum Gasteiger partial charge on any atom is 0.265 e. The maximum atomic E-state index is 13.3. The van der Waals surface area contributed by atoms with Gasteiger partial charge in [-0.25, -0.2) is 8.42 Å². The Kier molecular flexibility index (Phi) is 5.92. The highest BCUT2D eigenvalue weighted by Gasteiger charge is 2.40. The Morgan fingerprint density at radius 3 is 2.74 bits per heavy atom. The topological polar surface area (TPSA) is 105 Å². The van der Waals surface area contributed by atoms with Gasteiger partial charge in [-0.15, -0.1) is 0 Å². The highest BCUT2D eigenvalue weighted by Crippen LogP contribution is 2.34. The van der Waals surface area contributed by atoms with Gasteiger partial charge in [-0.05, 0) is 55.7 Å². The van der Waals surface area contributed by atoms with E-state index in [2.05, 4.69) is 10.6 Å². The molecule has 2 N–H and O–H groups in total. The monoisotopic (exact) mass is 463 g/mol. The zero-order valence-electron chi connectivity index (χ0n) is 16.8. The van der Waals surface area contributed by atoms with Crippen molar-refractivity contribution in [2.75, 3.05) is 11.9 Å². The average Bonchev–Trinajstić information content (AvgIpc) is 3.24. The zero-order valence-corrected chi connectivity index (χ0v) is 18.4. The van der Waals surface area contributed by atoms with Crippen molar-refractivity contribution in [2.45, 2.75) is 43.4 Å². The molecule has 0 radical (unpaired) electrons. The summed E-state index contributed by atoms with van der Waals surface area (Å²) >= 11 is 5.87. The second-order valence-electron chi connectivity index (χ2n) is 7.53. The van der Waals surface area contributed by atoms with E-state index in [-0.39, 0.29) is 29.8 Å². The number of fused-ring (bicyclic) bond motifs is 1. The summed E-state index contributed by atoms with van der Waals surface area (Å²) in [5, 5.41) is 6.06. The van der Waals surface area contributed by atoms with Gasteiger partial charge in [0, 0.05) is 18.1 Å².